The van der Waals surface area contributed by atoms with Gasteiger partial charge in [0.05, 0.1) is 5.56 Å². The standard InChI is InChI=1S/C20H17F3N4O/c1-13-10-17(27-19(25-13)24-12-14-6-3-2-4-7-14)18(28)26-16-9-5-8-15(11-16)20(21,22)23/h2-11H,12H2,1H3,(H,26,28)(H,24,25,27). The lowest BCUT2D eigenvalue weighted by Crippen LogP contribution is -2.16. The topological polar surface area (TPSA) is 66.9 Å². The van der Waals surface area contributed by atoms with Crippen LogP contribution >= 0.6 is 0 Å². The van der Waals surface area contributed by atoms with Crippen LogP contribution < -0.4 is 10.6 Å². The van der Waals surface area contributed by atoms with Crippen LogP contribution in [0.5, 0.6) is 0 Å². The van der Waals surface area contributed by atoms with E-state index in [4.69, 9.17) is 0 Å². The fourth-order valence-corrected chi connectivity index (χ4v) is 2.51. The molecule has 8 heteroatoms. The maximum Gasteiger partial charge on any atom is 0.416 e. The molecule has 0 radical (unpaired) electrons. The molecule has 1 amide bonds. The minimum Gasteiger partial charge on any atom is -0.350 e. The predicted molar refractivity (Wildman–Crippen MR) is 99.9 cm³/mol. The Hall–Kier alpha value is -3.42. The van der Waals surface area contributed by atoms with Crippen molar-refractivity contribution in [2.24, 2.45) is 0 Å². The number of halogens is 3. The molecule has 1 aromatic heterocycles. The van der Waals surface area contributed by atoms with Gasteiger partial charge in [-0.25, -0.2) is 9.97 Å². The summed E-state index contributed by atoms with van der Waals surface area (Å²) >= 11 is 0. The van der Waals surface area contributed by atoms with Crippen molar-refractivity contribution >= 4 is 17.5 Å². The molecule has 0 saturated carbocycles. The first-order chi connectivity index (χ1) is 13.3. The number of aryl methyl sites for hydroxylation is 1. The highest BCUT2D eigenvalue weighted by atomic mass is 19.4. The highest BCUT2D eigenvalue weighted by Gasteiger charge is 2.30. The van der Waals surface area contributed by atoms with E-state index in [1.54, 1.807) is 6.92 Å². The first kappa shape index (κ1) is 19.3. The Balaban J connectivity index is 1.74. The lowest BCUT2D eigenvalue weighted by molar-refractivity contribution is -0.137. The fraction of sp³-hybridized carbons (Fsp3) is 0.150. The van der Waals surface area contributed by atoms with Gasteiger partial charge in [-0.2, -0.15) is 13.2 Å². The van der Waals surface area contributed by atoms with Gasteiger partial charge in [0.1, 0.15) is 5.69 Å². The molecular weight excluding hydrogens is 369 g/mol. The number of benzene rings is 2. The van der Waals surface area contributed by atoms with E-state index in [2.05, 4.69) is 20.6 Å². The molecule has 0 atom stereocenters. The van der Waals surface area contributed by atoms with Crippen LogP contribution in [-0.4, -0.2) is 15.9 Å². The third kappa shape index (κ3) is 5.06. The molecule has 0 saturated heterocycles. The number of anilines is 2. The second-order valence-corrected chi connectivity index (χ2v) is 6.09. The van der Waals surface area contributed by atoms with Crippen molar-refractivity contribution in [3.05, 3.63) is 83.2 Å². The Labute approximate surface area is 159 Å². The summed E-state index contributed by atoms with van der Waals surface area (Å²) in [6.45, 7) is 2.18. The van der Waals surface area contributed by atoms with Gasteiger partial charge >= 0.3 is 6.18 Å². The minimum atomic E-state index is -4.49. The summed E-state index contributed by atoms with van der Waals surface area (Å²) in [6, 6.07) is 15.5. The monoisotopic (exact) mass is 386 g/mol. The summed E-state index contributed by atoms with van der Waals surface area (Å²) in [4.78, 5) is 20.8. The van der Waals surface area contributed by atoms with Gasteiger partial charge in [-0.15, -0.1) is 0 Å². The van der Waals surface area contributed by atoms with Gasteiger partial charge in [0.2, 0.25) is 5.95 Å². The molecule has 2 N–H and O–H groups in total. The Kier molecular flexibility index (Phi) is 5.58. The molecule has 5 nitrogen and oxygen atoms in total. The van der Waals surface area contributed by atoms with Crippen molar-refractivity contribution < 1.29 is 18.0 Å². The number of alkyl halides is 3. The molecule has 0 unspecified atom stereocenters. The van der Waals surface area contributed by atoms with Crippen molar-refractivity contribution in [3.8, 4) is 0 Å². The van der Waals surface area contributed by atoms with Crippen LogP contribution in [0.4, 0.5) is 24.8 Å². The van der Waals surface area contributed by atoms with Crippen molar-refractivity contribution in [2.75, 3.05) is 10.6 Å². The van der Waals surface area contributed by atoms with Crippen LogP contribution in [0, 0.1) is 6.92 Å². The Bertz CT molecular complexity index is 975. The van der Waals surface area contributed by atoms with Crippen LogP contribution in [0.2, 0.25) is 0 Å². The molecular formula is C20H17F3N4O. The zero-order valence-electron chi connectivity index (χ0n) is 14.9. The fourth-order valence-electron chi connectivity index (χ4n) is 2.51. The quantitative estimate of drug-likeness (QED) is 0.669. The Morgan fingerprint density at radius 1 is 1.00 bits per heavy atom. The summed E-state index contributed by atoms with van der Waals surface area (Å²) < 4.78 is 38.5. The van der Waals surface area contributed by atoms with Crippen molar-refractivity contribution in [2.45, 2.75) is 19.6 Å². The average Bonchev–Trinajstić information content (AvgIpc) is 2.66. The smallest absolute Gasteiger partial charge is 0.350 e. The third-order valence-electron chi connectivity index (χ3n) is 3.83. The number of amides is 1. The molecule has 0 bridgehead atoms. The van der Waals surface area contributed by atoms with Gasteiger partial charge in [0, 0.05) is 17.9 Å². The molecule has 0 spiro atoms. The SMILES string of the molecule is Cc1cc(C(=O)Nc2cccc(C(F)(F)F)c2)nc(NCc2ccccc2)n1. The second kappa shape index (κ2) is 8.08. The van der Waals surface area contributed by atoms with E-state index in [0.29, 0.717) is 12.2 Å². The Morgan fingerprint density at radius 2 is 1.75 bits per heavy atom. The zero-order chi connectivity index (χ0) is 20.1. The molecule has 3 aromatic rings. The van der Waals surface area contributed by atoms with Crippen molar-refractivity contribution in [1.29, 1.82) is 0 Å². The zero-order valence-corrected chi connectivity index (χ0v) is 14.9. The summed E-state index contributed by atoms with van der Waals surface area (Å²) in [5.74, 6) is -0.356. The number of hydrogen-bond donors (Lipinski definition) is 2. The Morgan fingerprint density at radius 3 is 2.46 bits per heavy atom. The van der Waals surface area contributed by atoms with Crippen molar-refractivity contribution in [1.82, 2.24) is 9.97 Å². The number of carbonyl (C=O) groups excluding carboxylic acids is 1. The molecule has 0 aliphatic heterocycles. The van der Waals surface area contributed by atoms with Gasteiger partial charge in [-0.1, -0.05) is 36.4 Å². The van der Waals surface area contributed by atoms with Crippen LogP contribution in [-0.2, 0) is 12.7 Å². The molecule has 2 aromatic carbocycles. The van der Waals surface area contributed by atoms with Gasteiger partial charge < -0.3 is 10.6 Å². The van der Waals surface area contributed by atoms with E-state index in [-0.39, 0.29) is 17.3 Å². The molecule has 0 fully saturated rings. The van der Waals surface area contributed by atoms with Gasteiger partial charge in [0.15, 0.2) is 0 Å². The minimum absolute atomic E-state index is 0.0369. The van der Waals surface area contributed by atoms with Gasteiger partial charge in [-0.05, 0) is 36.8 Å². The van der Waals surface area contributed by atoms with E-state index < -0.39 is 17.6 Å². The largest absolute Gasteiger partial charge is 0.416 e. The molecule has 0 aliphatic rings. The average molecular weight is 386 g/mol. The maximum atomic E-state index is 12.8. The van der Waals surface area contributed by atoms with E-state index >= 15 is 0 Å². The van der Waals surface area contributed by atoms with E-state index in [1.165, 1.54) is 18.2 Å². The molecule has 28 heavy (non-hydrogen) atoms. The predicted octanol–water partition coefficient (Wildman–Crippen LogP) is 4.67. The number of carbonyl (C=O) groups is 1. The van der Waals surface area contributed by atoms with Crippen LogP contribution in [0.15, 0.2) is 60.7 Å². The number of aromatic nitrogens is 2. The molecule has 144 valence electrons. The first-order valence-corrected chi connectivity index (χ1v) is 8.43. The second-order valence-electron chi connectivity index (χ2n) is 6.09. The lowest BCUT2D eigenvalue weighted by Gasteiger charge is -2.11. The van der Waals surface area contributed by atoms with Crippen LogP contribution in [0.1, 0.15) is 27.3 Å². The summed E-state index contributed by atoms with van der Waals surface area (Å²) in [6.07, 6.45) is -4.49. The number of rotatable bonds is 5. The van der Waals surface area contributed by atoms with Crippen LogP contribution in [0.3, 0.4) is 0 Å². The molecule has 1 heterocycles. The van der Waals surface area contributed by atoms with E-state index in [9.17, 15) is 18.0 Å². The maximum absolute atomic E-state index is 12.8. The van der Waals surface area contributed by atoms with Gasteiger partial charge in [-0.3, -0.25) is 4.79 Å². The van der Waals surface area contributed by atoms with Gasteiger partial charge in [0.25, 0.3) is 5.91 Å². The molecule has 3 rings (SSSR count). The highest BCUT2D eigenvalue weighted by Crippen LogP contribution is 2.30. The number of nitrogens with one attached hydrogen (secondary N) is 2. The number of nitrogens with zero attached hydrogens (tertiary/aromatic N) is 2. The molecule has 0 aliphatic carbocycles. The normalized spacial score (nSPS) is 11.1. The van der Waals surface area contributed by atoms with Crippen molar-refractivity contribution in [3.63, 3.8) is 0 Å². The van der Waals surface area contributed by atoms with E-state index in [0.717, 1.165) is 17.7 Å². The van der Waals surface area contributed by atoms with Crippen LogP contribution in [0.25, 0.3) is 0 Å². The number of hydrogen-bond acceptors (Lipinski definition) is 4. The summed E-state index contributed by atoms with van der Waals surface area (Å²) in [7, 11) is 0. The lowest BCUT2D eigenvalue weighted by atomic mass is 10.2. The highest BCUT2D eigenvalue weighted by molar-refractivity contribution is 6.03. The van der Waals surface area contributed by atoms with E-state index in [1.807, 2.05) is 30.3 Å². The first-order valence-electron chi connectivity index (χ1n) is 8.43. The summed E-state index contributed by atoms with van der Waals surface area (Å²) in [5.41, 5.74) is 0.826. The third-order valence-corrected chi connectivity index (χ3v) is 3.83. The summed E-state index contributed by atoms with van der Waals surface area (Å²) in [5, 5.41) is 5.48.